The Balaban J connectivity index is 2.92. The molecule has 0 N–H and O–H groups in total. The third-order valence-corrected chi connectivity index (χ3v) is 1.72. The van der Waals surface area contributed by atoms with Crippen molar-refractivity contribution >= 4 is 5.69 Å². The van der Waals surface area contributed by atoms with E-state index in [0.717, 1.165) is 0 Å². The Morgan fingerprint density at radius 1 is 1.25 bits per heavy atom. The van der Waals surface area contributed by atoms with Gasteiger partial charge in [0.2, 0.25) is 0 Å². The van der Waals surface area contributed by atoms with Crippen molar-refractivity contribution in [3.05, 3.63) is 40.3 Å². The van der Waals surface area contributed by atoms with E-state index in [1.807, 2.05) is 24.3 Å². The van der Waals surface area contributed by atoms with E-state index >= 15 is 0 Å². The van der Waals surface area contributed by atoms with E-state index in [9.17, 15) is 0 Å². The van der Waals surface area contributed by atoms with Crippen molar-refractivity contribution in [2.75, 3.05) is 0 Å². The smallest absolute Gasteiger partial charge is 0.0375 e. The van der Waals surface area contributed by atoms with Crippen LogP contribution < -0.4 is 0 Å². The highest BCUT2D eigenvalue weighted by atomic mass is 15.1. The lowest BCUT2D eigenvalue weighted by Gasteiger charge is -2.03. The third kappa shape index (κ3) is 2.01. The van der Waals surface area contributed by atoms with Crippen molar-refractivity contribution in [1.82, 2.24) is 0 Å². The molecule has 1 rings (SSSR count). The Hall–Kier alpha value is -1.47. The van der Waals surface area contributed by atoms with Gasteiger partial charge in [-0.05, 0) is 17.0 Å². The minimum atomic E-state index is 0.519. The largest absolute Gasteiger partial charge is 0.0608 e. The number of nitrogens with zero attached hydrogens (tertiary/aromatic N) is 3. The molecular formula is C9H11N3. The molecule has 62 valence electrons. The first-order chi connectivity index (χ1) is 5.74. The molecule has 0 aromatic heterocycles. The van der Waals surface area contributed by atoms with Crippen LogP contribution >= 0.6 is 0 Å². The van der Waals surface area contributed by atoms with E-state index < -0.39 is 0 Å². The molecule has 0 aliphatic rings. The van der Waals surface area contributed by atoms with Crippen LogP contribution in [0.3, 0.4) is 0 Å². The molecule has 0 bridgehead atoms. The average molecular weight is 161 g/mol. The highest BCUT2D eigenvalue weighted by molar-refractivity contribution is 5.39. The summed E-state index contributed by atoms with van der Waals surface area (Å²) in [5, 5.41) is 3.49. The average Bonchev–Trinajstić information content (AvgIpc) is 2.06. The van der Waals surface area contributed by atoms with Crippen LogP contribution in [-0.4, -0.2) is 0 Å². The van der Waals surface area contributed by atoms with Crippen LogP contribution in [0.25, 0.3) is 10.4 Å². The SMILES string of the molecule is CC(C)c1ccc(N=[N+]=[N-])cc1. The molecule has 0 aliphatic carbocycles. The van der Waals surface area contributed by atoms with Gasteiger partial charge in [0.1, 0.15) is 0 Å². The maximum atomic E-state index is 8.16. The van der Waals surface area contributed by atoms with E-state index in [1.165, 1.54) is 5.56 Å². The van der Waals surface area contributed by atoms with Crippen molar-refractivity contribution in [3.63, 3.8) is 0 Å². The van der Waals surface area contributed by atoms with Crippen molar-refractivity contribution in [2.24, 2.45) is 5.11 Å². The first kappa shape index (κ1) is 8.62. The van der Waals surface area contributed by atoms with Gasteiger partial charge in [-0.2, -0.15) is 0 Å². The van der Waals surface area contributed by atoms with Crippen LogP contribution in [0.4, 0.5) is 5.69 Å². The molecule has 0 saturated heterocycles. The Labute approximate surface area is 71.7 Å². The molecule has 1 aromatic rings. The fraction of sp³-hybridized carbons (Fsp3) is 0.333. The van der Waals surface area contributed by atoms with Crippen molar-refractivity contribution < 1.29 is 0 Å². The van der Waals surface area contributed by atoms with Crippen LogP contribution in [-0.2, 0) is 0 Å². The molecular weight excluding hydrogens is 150 g/mol. The number of hydrogen-bond acceptors (Lipinski definition) is 1. The predicted octanol–water partition coefficient (Wildman–Crippen LogP) is 3.75. The molecule has 3 nitrogen and oxygen atoms in total. The summed E-state index contributed by atoms with van der Waals surface area (Å²) in [7, 11) is 0. The summed E-state index contributed by atoms with van der Waals surface area (Å²) in [5.41, 5.74) is 10.1. The van der Waals surface area contributed by atoms with E-state index in [2.05, 4.69) is 23.9 Å². The quantitative estimate of drug-likeness (QED) is 0.360. The van der Waals surface area contributed by atoms with Gasteiger partial charge in [0.15, 0.2) is 0 Å². The van der Waals surface area contributed by atoms with Crippen molar-refractivity contribution in [2.45, 2.75) is 19.8 Å². The standard InChI is InChI=1S/C9H11N3/c1-7(2)8-3-5-9(6-4-8)11-12-10/h3-7H,1-2H3. The molecule has 0 fully saturated rings. The normalized spacial score (nSPS) is 9.58. The Kier molecular flexibility index (Phi) is 2.72. The zero-order valence-electron chi connectivity index (χ0n) is 7.23. The van der Waals surface area contributed by atoms with Gasteiger partial charge in [-0.25, -0.2) is 0 Å². The lowest BCUT2D eigenvalue weighted by molar-refractivity contribution is 0.867. The highest BCUT2D eigenvalue weighted by Gasteiger charge is 1.96. The van der Waals surface area contributed by atoms with Gasteiger partial charge in [0, 0.05) is 10.6 Å². The Morgan fingerprint density at radius 3 is 2.25 bits per heavy atom. The topological polar surface area (TPSA) is 48.8 Å². The van der Waals surface area contributed by atoms with Crippen molar-refractivity contribution in [3.8, 4) is 0 Å². The second-order valence-corrected chi connectivity index (χ2v) is 2.94. The van der Waals surface area contributed by atoms with Gasteiger partial charge in [-0.3, -0.25) is 0 Å². The number of azide groups is 1. The second kappa shape index (κ2) is 3.79. The molecule has 12 heavy (non-hydrogen) atoms. The molecule has 0 saturated carbocycles. The molecule has 0 spiro atoms. The maximum absolute atomic E-state index is 8.16. The summed E-state index contributed by atoms with van der Waals surface area (Å²) in [4.78, 5) is 2.71. The number of rotatable bonds is 2. The van der Waals surface area contributed by atoms with Gasteiger partial charge in [0.05, 0.1) is 0 Å². The fourth-order valence-corrected chi connectivity index (χ4v) is 0.978. The van der Waals surface area contributed by atoms with Gasteiger partial charge < -0.3 is 0 Å². The number of hydrogen-bond donors (Lipinski definition) is 0. The Bertz CT molecular complexity index is 294. The number of benzene rings is 1. The summed E-state index contributed by atoms with van der Waals surface area (Å²) in [6.45, 7) is 4.26. The van der Waals surface area contributed by atoms with E-state index in [0.29, 0.717) is 11.6 Å². The minimum absolute atomic E-state index is 0.519. The van der Waals surface area contributed by atoms with Gasteiger partial charge in [-0.1, -0.05) is 43.2 Å². The van der Waals surface area contributed by atoms with Crippen molar-refractivity contribution in [1.29, 1.82) is 0 Å². The highest BCUT2D eigenvalue weighted by Crippen LogP contribution is 2.18. The lowest BCUT2D eigenvalue weighted by Crippen LogP contribution is -1.84. The summed E-state index contributed by atoms with van der Waals surface area (Å²) >= 11 is 0. The molecule has 0 heterocycles. The molecule has 0 aliphatic heterocycles. The van der Waals surface area contributed by atoms with E-state index in [1.54, 1.807) is 0 Å². The zero-order chi connectivity index (χ0) is 8.97. The minimum Gasteiger partial charge on any atom is -0.0608 e. The van der Waals surface area contributed by atoms with Gasteiger partial charge in [-0.15, -0.1) is 0 Å². The van der Waals surface area contributed by atoms with E-state index in [-0.39, 0.29) is 0 Å². The zero-order valence-corrected chi connectivity index (χ0v) is 7.23. The summed E-state index contributed by atoms with van der Waals surface area (Å²) in [6.07, 6.45) is 0. The van der Waals surface area contributed by atoms with Crippen LogP contribution in [0, 0.1) is 0 Å². The van der Waals surface area contributed by atoms with Crippen LogP contribution in [0.1, 0.15) is 25.3 Å². The summed E-state index contributed by atoms with van der Waals surface area (Å²) < 4.78 is 0. The molecule has 0 amide bonds. The van der Waals surface area contributed by atoms with Gasteiger partial charge >= 0.3 is 0 Å². The summed E-state index contributed by atoms with van der Waals surface area (Å²) in [5.74, 6) is 0.519. The molecule has 0 atom stereocenters. The fourth-order valence-electron chi connectivity index (χ4n) is 0.978. The molecule has 0 unspecified atom stereocenters. The maximum Gasteiger partial charge on any atom is 0.0375 e. The molecule has 0 radical (unpaired) electrons. The van der Waals surface area contributed by atoms with Crippen LogP contribution in [0.15, 0.2) is 29.4 Å². The van der Waals surface area contributed by atoms with Gasteiger partial charge in [0.25, 0.3) is 0 Å². The molecule has 3 heteroatoms. The molecule has 1 aromatic carbocycles. The summed E-state index contributed by atoms with van der Waals surface area (Å²) in [6, 6.07) is 7.62. The lowest BCUT2D eigenvalue weighted by atomic mass is 10.0. The first-order valence-corrected chi connectivity index (χ1v) is 3.89. The van der Waals surface area contributed by atoms with E-state index in [4.69, 9.17) is 5.53 Å². The predicted molar refractivity (Wildman–Crippen MR) is 49.3 cm³/mol. The van der Waals surface area contributed by atoms with Crippen LogP contribution in [0.5, 0.6) is 0 Å². The first-order valence-electron chi connectivity index (χ1n) is 3.89. The third-order valence-electron chi connectivity index (χ3n) is 1.72. The Morgan fingerprint density at radius 2 is 1.83 bits per heavy atom. The van der Waals surface area contributed by atoms with Crippen LogP contribution in [0.2, 0.25) is 0 Å². The second-order valence-electron chi connectivity index (χ2n) is 2.94. The monoisotopic (exact) mass is 161 g/mol.